The summed E-state index contributed by atoms with van der Waals surface area (Å²) in [5.41, 5.74) is 0.702. The molecule has 1 aromatic heterocycles. The standard InChI is InChI=1S/C11H13N3O3/c1-7(15)8-2-3-12-9(4-8)14-5-10(16)13-11(17)6-14/h2-4,7,15H,5-6H2,1H3,(H,13,16,17)/t7-/m0/s1. The van der Waals surface area contributed by atoms with E-state index in [1.807, 2.05) is 0 Å². The number of hydrogen-bond acceptors (Lipinski definition) is 5. The summed E-state index contributed by atoms with van der Waals surface area (Å²) in [4.78, 5) is 28.1. The van der Waals surface area contributed by atoms with Gasteiger partial charge in [-0.05, 0) is 24.6 Å². The second-order valence-corrected chi connectivity index (χ2v) is 3.95. The van der Waals surface area contributed by atoms with E-state index in [-0.39, 0.29) is 24.9 Å². The molecule has 1 fully saturated rings. The summed E-state index contributed by atoms with van der Waals surface area (Å²) >= 11 is 0. The van der Waals surface area contributed by atoms with Crippen LogP contribution in [0.4, 0.5) is 5.82 Å². The SMILES string of the molecule is C[C@H](O)c1ccnc(N2CC(=O)NC(=O)C2)c1. The molecule has 1 aromatic rings. The zero-order chi connectivity index (χ0) is 12.4. The number of pyridine rings is 1. The van der Waals surface area contributed by atoms with Gasteiger partial charge in [-0.3, -0.25) is 14.9 Å². The van der Waals surface area contributed by atoms with Gasteiger partial charge >= 0.3 is 0 Å². The molecule has 0 aliphatic carbocycles. The molecular formula is C11H13N3O3. The molecule has 2 heterocycles. The van der Waals surface area contributed by atoms with Gasteiger partial charge in [0.25, 0.3) is 0 Å². The van der Waals surface area contributed by atoms with Crippen LogP contribution in [0.1, 0.15) is 18.6 Å². The Morgan fingerprint density at radius 3 is 2.65 bits per heavy atom. The maximum Gasteiger partial charge on any atom is 0.246 e. The Labute approximate surface area is 98.3 Å². The maximum atomic E-state index is 11.2. The molecule has 1 aliphatic rings. The van der Waals surface area contributed by atoms with Gasteiger partial charge in [0.2, 0.25) is 11.8 Å². The molecule has 1 atom stereocenters. The quantitative estimate of drug-likeness (QED) is 0.681. The van der Waals surface area contributed by atoms with E-state index in [0.29, 0.717) is 11.4 Å². The minimum absolute atomic E-state index is 0.0992. The summed E-state index contributed by atoms with van der Waals surface area (Å²) in [6.07, 6.45) is 0.944. The molecule has 1 saturated heterocycles. The lowest BCUT2D eigenvalue weighted by Gasteiger charge is -2.26. The summed E-state index contributed by atoms with van der Waals surface area (Å²) in [6.45, 7) is 1.84. The van der Waals surface area contributed by atoms with E-state index in [1.165, 1.54) is 0 Å². The highest BCUT2D eigenvalue weighted by atomic mass is 16.3. The van der Waals surface area contributed by atoms with E-state index in [9.17, 15) is 14.7 Å². The first kappa shape index (κ1) is 11.5. The average molecular weight is 235 g/mol. The molecule has 2 N–H and O–H groups in total. The van der Waals surface area contributed by atoms with Gasteiger partial charge < -0.3 is 10.0 Å². The van der Waals surface area contributed by atoms with Crippen LogP contribution in [0.25, 0.3) is 0 Å². The van der Waals surface area contributed by atoms with E-state index in [2.05, 4.69) is 10.3 Å². The Bertz CT molecular complexity index is 443. The smallest absolute Gasteiger partial charge is 0.246 e. The van der Waals surface area contributed by atoms with Gasteiger partial charge in [-0.1, -0.05) is 0 Å². The summed E-state index contributed by atoms with van der Waals surface area (Å²) in [5, 5.41) is 11.7. The van der Waals surface area contributed by atoms with Crippen molar-refractivity contribution in [2.45, 2.75) is 13.0 Å². The van der Waals surface area contributed by atoms with Crippen molar-refractivity contribution in [3.05, 3.63) is 23.9 Å². The molecule has 0 aromatic carbocycles. The highest BCUT2D eigenvalue weighted by Crippen LogP contribution is 2.18. The molecule has 6 heteroatoms. The predicted octanol–water partition coefficient (Wildman–Crippen LogP) is -0.402. The number of amides is 2. The van der Waals surface area contributed by atoms with Crippen LogP contribution in [-0.2, 0) is 9.59 Å². The molecule has 0 spiro atoms. The van der Waals surface area contributed by atoms with E-state index in [1.54, 1.807) is 30.2 Å². The fourth-order valence-corrected chi connectivity index (χ4v) is 1.67. The minimum Gasteiger partial charge on any atom is -0.389 e. The zero-order valence-electron chi connectivity index (χ0n) is 9.38. The van der Waals surface area contributed by atoms with Crippen LogP contribution in [0.5, 0.6) is 0 Å². The number of piperazine rings is 1. The minimum atomic E-state index is -0.605. The highest BCUT2D eigenvalue weighted by molar-refractivity contribution is 6.02. The summed E-state index contributed by atoms with van der Waals surface area (Å²) in [7, 11) is 0. The molecule has 90 valence electrons. The molecule has 2 rings (SSSR count). The average Bonchev–Trinajstić information content (AvgIpc) is 2.28. The van der Waals surface area contributed by atoms with E-state index in [4.69, 9.17) is 0 Å². The van der Waals surface area contributed by atoms with Gasteiger partial charge in [0.05, 0.1) is 19.2 Å². The Morgan fingerprint density at radius 2 is 2.06 bits per heavy atom. The van der Waals surface area contributed by atoms with Gasteiger partial charge in [-0.15, -0.1) is 0 Å². The van der Waals surface area contributed by atoms with Gasteiger partial charge in [0, 0.05) is 6.20 Å². The summed E-state index contributed by atoms with van der Waals surface area (Å²) in [5.74, 6) is -0.164. The third-order valence-corrected chi connectivity index (χ3v) is 2.52. The topological polar surface area (TPSA) is 82.5 Å². The van der Waals surface area contributed by atoms with Crippen LogP contribution in [0.2, 0.25) is 0 Å². The number of aliphatic hydroxyl groups excluding tert-OH is 1. The second kappa shape index (κ2) is 4.50. The number of anilines is 1. The number of aromatic nitrogens is 1. The number of imide groups is 1. The van der Waals surface area contributed by atoms with Crippen LogP contribution >= 0.6 is 0 Å². The lowest BCUT2D eigenvalue weighted by atomic mass is 10.1. The predicted molar refractivity (Wildman–Crippen MR) is 60.2 cm³/mol. The third-order valence-electron chi connectivity index (χ3n) is 2.52. The third kappa shape index (κ3) is 2.59. The van der Waals surface area contributed by atoms with Crippen LogP contribution < -0.4 is 10.2 Å². The number of carbonyl (C=O) groups is 2. The summed E-state index contributed by atoms with van der Waals surface area (Å²) < 4.78 is 0. The van der Waals surface area contributed by atoms with Crippen LogP contribution in [0.3, 0.4) is 0 Å². The fraction of sp³-hybridized carbons (Fsp3) is 0.364. The first-order valence-corrected chi connectivity index (χ1v) is 5.28. The van der Waals surface area contributed by atoms with Gasteiger partial charge in [0.1, 0.15) is 5.82 Å². The number of rotatable bonds is 2. The lowest BCUT2D eigenvalue weighted by molar-refractivity contribution is -0.130. The van der Waals surface area contributed by atoms with E-state index in [0.717, 1.165) is 0 Å². The number of nitrogens with one attached hydrogen (secondary N) is 1. The summed E-state index contributed by atoms with van der Waals surface area (Å²) in [6, 6.07) is 3.37. The molecule has 0 bridgehead atoms. The zero-order valence-corrected chi connectivity index (χ0v) is 9.38. The first-order valence-electron chi connectivity index (χ1n) is 5.28. The molecule has 1 aliphatic heterocycles. The first-order chi connectivity index (χ1) is 8.06. The largest absolute Gasteiger partial charge is 0.389 e. The van der Waals surface area contributed by atoms with Crippen molar-refractivity contribution < 1.29 is 14.7 Å². The van der Waals surface area contributed by atoms with Crippen molar-refractivity contribution in [2.24, 2.45) is 0 Å². The van der Waals surface area contributed by atoms with E-state index < -0.39 is 6.10 Å². The molecule has 0 saturated carbocycles. The Kier molecular flexibility index (Phi) is 3.06. The van der Waals surface area contributed by atoms with Crippen molar-refractivity contribution in [2.75, 3.05) is 18.0 Å². The molecule has 0 radical (unpaired) electrons. The second-order valence-electron chi connectivity index (χ2n) is 3.95. The molecule has 2 amide bonds. The van der Waals surface area contributed by atoms with Crippen LogP contribution in [0, 0.1) is 0 Å². The van der Waals surface area contributed by atoms with Gasteiger partial charge in [-0.2, -0.15) is 0 Å². The number of hydrogen-bond donors (Lipinski definition) is 2. The van der Waals surface area contributed by atoms with Crippen molar-refractivity contribution in [1.29, 1.82) is 0 Å². The van der Waals surface area contributed by atoms with E-state index >= 15 is 0 Å². The highest BCUT2D eigenvalue weighted by Gasteiger charge is 2.23. The van der Waals surface area contributed by atoms with Crippen LogP contribution in [0.15, 0.2) is 18.3 Å². The normalized spacial score (nSPS) is 17.9. The maximum absolute atomic E-state index is 11.2. The monoisotopic (exact) mass is 235 g/mol. The molecule has 0 unspecified atom stereocenters. The Morgan fingerprint density at radius 1 is 1.41 bits per heavy atom. The fourth-order valence-electron chi connectivity index (χ4n) is 1.67. The Hall–Kier alpha value is -1.95. The van der Waals surface area contributed by atoms with Crippen molar-refractivity contribution in [3.8, 4) is 0 Å². The number of aliphatic hydroxyl groups is 1. The molecular weight excluding hydrogens is 222 g/mol. The van der Waals surface area contributed by atoms with Gasteiger partial charge in [0.15, 0.2) is 0 Å². The number of nitrogens with zero attached hydrogens (tertiary/aromatic N) is 2. The Balaban J connectivity index is 2.24. The molecule has 17 heavy (non-hydrogen) atoms. The van der Waals surface area contributed by atoms with Gasteiger partial charge in [-0.25, -0.2) is 4.98 Å². The van der Waals surface area contributed by atoms with Crippen molar-refractivity contribution >= 4 is 17.6 Å². The number of carbonyl (C=O) groups excluding carboxylic acids is 2. The van der Waals surface area contributed by atoms with Crippen molar-refractivity contribution in [1.82, 2.24) is 10.3 Å². The lowest BCUT2D eigenvalue weighted by Crippen LogP contribution is -2.51. The van der Waals surface area contributed by atoms with Crippen LogP contribution in [-0.4, -0.2) is 35.0 Å². The van der Waals surface area contributed by atoms with Crippen molar-refractivity contribution in [3.63, 3.8) is 0 Å². The molecule has 6 nitrogen and oxygen atoms in total.